The molecule has 4 aromatic rings. The topological polar surface area (TPSA) is 64.5 Å². The van der Waals surface area contributed by atoms with Crippen molar-refractivity contribution in [3.63, 3.8) is 0 Å². The van der Waals surface area contributed by atoms with Gasteiger partial charge in [0.1, 0.15) is 22.9 Å². The number of rotatable bonds is 4. The van der Waals surface area contributed by atoms with Gasteiger partial charge in [0.15, 0.2) is 5.82 Å². The number of benzene rings is 3. The molecular weight excluding hydrogens is 584 g/mol. The summed E-state index contributed by atoms with van der Waals surface area (Å²) in [4.78, 5) is 14.8. The summed E-state index contributed by atoms with van der Waals surface area (Å²) < 4.78 is 16.8. The second-order valence-electron chi connectivity index (χ2n) is 12.5. The first-order valence-corrected chi connectivity index (χ1v) is 14.2. The number of hydrogen-bond acceptors (Lipinski definition) is 6. The summed E-state index contributed by atoms with van der Waals surface area (Å²) in [6.07, 6.45) is 5.31. The van der Waals surface area contributed by atoms with E-state index in [1.54, 1.807) is 12.1 Å². The number of halogens is 4. The zero-order valence-electron chi connectivity index (χ0n) is 23.0. The molecule has 216 valence electrons. The lowest BCUT2D eigenvalue weighted by Crippen LogP contribution is -2.75. The normalized spacial score (nSPS) is 27.8. The van der Waals surface area contributed by atoms with Crippen LogP contribution < -0.4 is 10.2 Å². The van der Waals surface area contributed by atoms with Crippen molar-refractivity contribution >= 4 is 63.9 Å². The van der Waals surface area contributed by atoms with Crippen LogP contribution in [0.3, 0.4) is 0 Å². The Labute approximate surface area is 256 Å². The number of fused-ring (bicyclic) bond motifs is 4. The third-order valence-electron chi connectivity index (χ3n) is 9.92. The summed E-state index contributed by atoms with van der Waals surface area (Å²) in [5.41, 5.74) is 1.28. The van der Waals surface area contributed by atoms with Crippen LogP contribution in [0.2, 0.25) is 5.02 Å². The van der Waals surface area contributed by atoms with Gasteiger partial charge in [0.25, 0.3) is 0 Å². The second kappa shape index (κ2) is 9.81. The van der Waals surface area contributed by atoms with E-state index in [4.69, 9.17) is 21.6 Å². The van der Waals surface area contributed by atoms with Crippen molar-refractivity contribution in [3.05, 3.63) is 59.1 Å². The summed E-state index contributed by atoms with van der Waals surface area (Å²) in [5, 5.41) is 16.8. The minimum Gasteiger partial charge on any atom is -0.508 e. The average Bonchev–Trinajstić information content (AvgIpc) is 3.19. The molecule has 0 spiro atoms. The quantitative estimate of drug-likeness (QED) is 0.274. The van der Waals surface area contributed by atoms with E-state index in [-0.39, 0.29) is 47.1 Å². The van der Waals surface area contributed by atoms with Crippen molar-refractivity contribution in [3.8, 4) is 16.9 Å². The van der Waals surface area contributed by atoms with E-state index in [9.17, 15) is 5.11 Å². The standard InChI is InChI=1S/C31H31ClFN5O.2ClH/c1-37(2)31-14-30(15-31,16-31)29-35-27-23(28(36-29)38-12-18-7-8-19(13-38)34-18)11-24(32)25(26(27)33)22-10-20(39)9-17-5-3-4-6-21(17)22;;/h3-6,9-11,18-19,34,39H,7-8,12-16H2,1-2H3;2*1H/t18-,19+,30?,31?;;. The Morgan fingerprint density at radius 3 is 2.37 bits per heavy atom. The molecule has 0 amide bonds. The lowest BCUT2D eigenvalue weighted by molar-refractivity contribution is -0.155. The zero-order chi connectivity index (χ0) is 26.7. The highest BCUT2D eigenvalue weighted by Gasteiger charge is 2.71. The van der Waals surface area contributed by atoms with Crippen LogP contribution >= 0.6 is 36.4 Å². The third kappa shape index (κ3) is 4.11. The molecule has 5 fully saturated rings. The lowest BCUT2D eigenvalue weighted by atomic mass is 9.38. The van der Waals surface area contributed by atoms with E-state index in [1.165, 1.54) is 0 Å². The summed E-state index contributed by atoms with van der Waals surface area (Å²) in [6, 6.07) is 13.6. The van der Waals surface area contributed by atoms with Crippen LogP contribution in [0, 0.1) is 5.82 Å². The summed E-state index contributed by atoms with van der Waals surface area (Å²) in [7, 11) is 4.28. The Bertz CT molecular complexity index is 1670. The first-order chi connectivity index (χ1) is 18.8. The molecule has 10 heteroatoms. The van der Waals surface area contributed by atoms with Gasteiger partial charge in [-0.25, -0.2) is 14.4 Å². The molecule has 2 aliphatic heterocycles. The van der Waals surface area contributed by atoms with Crippen LogP contribution in [-0.4, -0.2) is 64.8 Å². The average molecular weight is 617 g/mol. The summed E-state index contributed by atoms with van der Waals surface area (Å²) >= 11 is 6.89. The Morgan fingerprint density at radius 2 is 1.68 bits per heavy atom. The van der Waals surface area contributed by atoms with Crippen LogP contribution in [0.4, 0.5) is 10.2 Å². The number of nitrogens with one attached hydrogen (secondary N) is 1. The number of aromatic hydroxyl groups is 1. The van der Waals surface area contributed by atoms with Crippen LogP contribution in [0.25, 0.3) is 32.8 Å². The van der Waals surface area contributed by atoms with Gasteiger partial charge in [-0.05, 0) is 80.7 Å². The van der Waals surface area contributed by atoms with Gasteiger partial charge in [-0.2, -0.15) is 0 Å². The van der Waals surface area contributed by atoms with Crippen molar-refractivity contribution in [2.24, 2.45) is 0 Å². The predicted molar refractivity (Wildman–Crippen MR) is 168 cm³/mol. The van der Waals surface area contributed by atoms with Gasteiger partial charge < -0.3 is 20.2 Å². The number of nitrogens with zero attached hydrogens (tertiary/aromatic N) is 4. The zero-order valence-corrected chi connectivity index (χ0v) is 25.3. The van der Waals surface area contributed by atoms with Gasteiger partial charge >= 0.3 is 0 Å². The molecule has 0 radical (unpaired) electrons. The number of piperazine rings is 1. The summed E-state index contributed by atoms with van der Waals surface area (Å²) in [6.45, 7) is 1.68. The van der Waals surface area contributed by atoms with Crippen LogP contribution in [-0.2, 0) is 5.41 Å². The molecule has 3 saturated carbocycles. The van der Waals surface area contributed by atoms with E-state index in [1.807, 2.05) is 30.3 Å². The highest BCUT2D eigenvalue weighted by atomic mass is 35.5. The van der Waals surface area contributed by atoms with Gasteiger partial charge in [0.2, 0.25) is 0 Å². The van der Waals surface area contributed by atoms with Crippen molar-refractivity contribution in [1.29, 1.82) is 0 Å². The van der Waals surface area contributed by atoms with Crippen molar-refractivity contribution < 1.29 is 9.50 Å². The van der Waals surface area contributed by atoms with Crippen molar-refractivity contribution in [2.45, 2.75) is 55.1 Å². The molecule has 3 aliphatic carbocycles. The molecule has 2 N–H and O–H groups in total. The van der Waals surface area contributed by atoms with Crippen LogP contribution in [0.15, 0.2) is 42.5 Å². The van der Waals surface area contributed by atoms with Gasteiger partial charge in [0.05, 0.1) is 5.02 Å². The molecule has 3 aromatic carbocycles. The van der Waals surface area contributed by atoms with E-state index in [0.29, 0.717) is 33.6 Å². The number of phenolic OH excluding ortho intramolecular Hbond substituents is 1. The number of hydrogen-bond donors (Lipinski definition) is 2. The molecule has 5 aliphatic rings. The van der Waals surface area contributed by atoms with Crippen molar-refractivity contribution in [1.82, 2.24) is 20.2 Å². The fourth-order valence-corrected chi connectivity index (χ4v) is 8.12. The van der Waals surface area contributed by atoms with Gasteiger partial charge in [0, 0.05) is 47.1 Å². The molecule has 2 saturated heterocycles. The Balaban J connectivity index is 0.00000151. The predicted octanol–water partition coefficient (Wildman–Crippen LogP) is 6.47. The Kier molecular flexibility index (Phi) is 6.87. The minimum absolute atomic E-state index is 0. The molecule has 0 unspecified atom stereocenters. The van der Waals surface area contributed by atoms with E-state index in [0.717, 1.165) is 67.6 Å². The third-order valence-corrected chi connectivity index (χ3v) is 10.2. The largest absolute Gasteiger partial charge is 0.508 e. The van der Waals surface area contributed by atoms with Gasteiger partial charge in [-0.3, -0.25) is 0 Å². The van der Waals surface area contributed by atoms with Gasteiger partial charge in [-0.15, -0.1) is 24.8 Å². The molecule has 9 rings (SSSR count). The second-order valence-corrected chi connectivity index (χ2v) is 12.9. The minimum atomic E-state index is -0.454. The monoisotopic (exact) mass is 615 g/mol. The molecule has 41 heavy (non-hydrogen) atoms. The van der Waals surface area contributed by atoms with E-state index >= 15 is 4.39 Å². The first-order valence-electron chi connectivity index (χ1n) is 13.9. The smallest absolute Gasteiger partial charge is 0.158 e. The number of phenols is 1. The SMILES string of the molecule is CN(C)C12CC(c3nc(N4C[C@H]5CC[C@@H](C4)N5)c4cc(Cl)c(-c5cc(O)cc6ccccc56)c(F)c4n3)(C1)C2.Cl.Cl. The number of anilines is 1. The maximum absolute atomic E-state index is 16.8. The first kappa shape index (κ1) is 28.7. The maximum atomic E-state index is 16.8. The van der Waals surface area contributed by atoms with Crippen molar-refractivity contribution in [2.75, 3.05) is 32.1 Å². The molecule has 4 bridgehead atoms. The fraction of sp³-hybridized carbons (Fsp3) is 0.419. The highest BCUT2D eigenvalue weighted by molar-refractivity contribution is 6.35. The Morgan fingerprint density at radius 1 is 1.00 bits per heavy atom. The molecule has 2 atom stereocenters. The highest BCUT2D eigenvalue weighted by Crippen LogP contribution is 2.69. The van der Waals surface area contributed by atoms with Crippen LogP contribution in [0.1, 0.15) is 37.9 Å². The maximum Gasteiger partial charge on any atom is 0.158 e. The fourth-order valence-electron chi connectivity index (χ4n) is 7.82. The Hall–Kier alpha value is -2.42. The lowest BCUT2D eigenvalue weighted by Gasteiger charge is -2.72. The summed E-state index contributed by atoms with van der Waals surface area (Å²) in [5.74, 6) is 1.17. The van der Waals surface area contributed by atoms with Gasteiger partial charge in [-0.1, -0.05) is 35.9 Å². The number of aromatic nitrogens is 2. The molecule has 6 nitrogen and oxygen atoms in total. The molecule has 1 aromatic heterocycles. The van der Waals surface area contributed by atoms with E-state index in [2.05, 4.69) is 29.2 Å². The van der Waals surface area contributed by atoms with Crippen LogP contribution in [0.5, 0.6) is 5.75 Å². The molecular formula is C31H33Cl3FN5O. The molecule has 3 heterocycles. The van der Waals surface area contributed by atoms with E-state index < -0.39 is 5.82 Å².